The van der Waals surface area contributed by atoms with Crippen LogP contribution >= 0.6 is 0 Å². The molecule has 0 bridgehead atoms. The van der Waals surface area contributed by atoms with E-state index in [0.29, 0.717) is 6.54 Å². The zero-order valence-corrected chi connectivity index (χ0v) is 12.3. The second-order valence-corrected chi connectivity index (χ2v) is 8.10. The van der Waals surface area contributed by atoms with E-state index in [1.54, 1.807) is 0 Å². The molecule has 0 aromatic carbocycles. The van der Waals surface area contributed by atoms with Gasteiger partial charge in [0, 0.05) is 6.54 Å². The lowest BCUT2D eigenvalue weighted by Gasteiger charge is -2.36. The third kappa shape index (κ3) is 3.90. The first-order valence-corrected chi connectivity index (χ1v) is 7.85. The Morgan fingerprint density at radius 2 is 2.00 bits per heavy atom. The van der Waals surface area contributed by atoms with Crippen LogP contribution in [0.5, 0.6) is 0 Å². The van der Waals surface area contributed by atoms with E-state index in [2.05, 4.69) is 4.99 Å². The van der Waals surface area contributed by atoms with Crippen LogP contribution in [0.3, 0.4) is 0 Å². The molecule has 0 aliphatic carbocycles. The van der Waals surface area contributed by atoms with Gasteiger partial charge in [-0.05, 0) is 24.2 Å². The molecule has 6 heteroatoms. The number of carbonyl (C=O) groups excluding carboxylic acids is 1. The molecule has 2 atom stereocenters. The topological polar surface area (TPSA) is 66.8 Å². The number of aliphatic imine (C=N–C) groups is 1. The van der Waals surface area contributed by atoms with Crippen LogP contribution in [0.2, 0.25) is 0 Å². The minimum Gasteiger partial charge on any atom is -0.212 e. The minimum absolute atomic E-state index is 0.0648. The summed E-state index contributed by atoms with van der Waals surface area (Å²) >= 11 is 0. The normalized spacial score (nSPS) is 26.7. The van der Waals surface area contributed by atoms with Crippen molar-refractivity contribution in [3.63, 3.8) is 0 Å². The van der Waals surface area contributed by atoms with Gasteiger partial charge >= 0.3 is 0 Å². The maximum atomic E-state index is 12.4. The van der Waals surface area contributed by atoms with Gasteiger partial charge < -0.3 is 0 Å². The minimum atomic E-state index is -3.38. The molecule has 1 saturated heterocycles. The van der Waals surface area contributed by atoms with E-state index < -0.39 is 16.2 Å². The second kappa shape index (κ2) is 5.51. The summed E-state index contributed by atoms with van der Waals surface area (Å²) in [6.07, 6.45) is 2.62. The van der Waals surface area contributed by atoms with Crippen molar-refractivity contribution >= 4 is 16.1 Å². The molecule has 0 aromatic rings. The molecule has 0 N–H and O–H groups in total. The van der Waals surface area contributed by atoms with E-state index in [9.17, 15) is 13.2 Å². The van der Waals surface area contributed by atoms with E-state index in [-0.39, 0.29) is 17.1 Å². The van der Waals surface area contributed by atoms with Gasteiger partial charge in [-0.2, -0.15) is 9.30 Å². The molecule has 5 nitrogen and oxygen atoms in total. The van der Waals surface area contributed by atoms with Gasteiger partial charge in [0.1, 0.15) is 6.17 Å². The second-order valence-electron chi connectivity index (χ2n) is 6.18. The molecule has 1 rings (SSSR count). The number of isocyanates is 1. The Kier molecular flexibility index (Phi) is 4.70. The first-order valence-electron chi connectivity index (χ1n) is 6.24. The lowest BCUT2D eigenvalue weighted by Crippen LogP contribution is -2.48. The fourth-order valence-electron chi connectivity index (χ4n) is 2.31. The molecule has 1 heterocycles. The van der Waals surface area contributed by atoms with Crippen LogP contribution in [0.15, 0.2) is 4.99 Å². The molecular formula is C12H22N2O3S. The highest BCUT2D eigenvalue weighted by molar-refractivity contribution is 7.89. The third-order valence-corrected chi connectivity index (χ3v) is 5.34. The van der Waals surface area contributed by atoms with Crippen LogP contribution in [0.4, 0.5) is 0 Å². The summed E-state index contributed by atoms with van der Waals surface area (Å²) in [6, 6.07) is 0. The Morgan fingerprint density at radius 3 is 2.50 bits per heavy atom. The fourth-order valence-corrected chi connectivity index (χ4v) is 4.57. The first-order chi connectivity index (χ1) is 8.17. The third-order valence-electron chi connectivity index (χ3n) is 3.00. The molecule has 0 radical (unpaired) electrons. The van der Waals surface area contributed by atoms with E-state index in [1.807, 2.05) is 27.7 Å². The number of hydrogen-bond donors (Lipinski definition) is 0. The van der Waals surface area contributed by atoms with Crippen LogP contribution in [-0.2, 0) is 14.8 Å². The van der Waals surface area contributed by atoms with Gasteiger partial charge in [-0.1, -0.05) is 27.7 Å². The van der Waals surface area contributed by atoms with Gasteiger partial charge in [0.05, 0.1) is 5.75 Å². The summed E-state index contributed by atoms with van der Waals surface area (Å²) in [4.78, 5) is 14.1. The Balaban J connectivity index is 3.00. The maximum Gasteiger partial charge on any atom is 0.236 e. The number of rotatable bonds is 3. The highest BCUT2D eigenvalue weighted by Crippen LogP contribution is 2.29. The molecule has 1 aliphatic heterocycles. The Labute approximate surface area is 109 Å². The first kappa shape index (κ1) is 15.3. The number of sulfonamides is 1. The monoisotopic (exact) mass is 274 g/mol. The van der Waals surface area contributed by atoms with E-state index in [4.69, 9.17) is 0 Å². The molecule has 104 valence electrons. The summed E-state index contributed by atoms with van der Waals surface area (Å²) in [6.45, 7) is 8.02. The number of piperidine rings is 1. The fraction of sp³-hybridized carbons (Fsp3) is 0.917. The van der Waals surface area contributed by atoms with Crippen LogP contribution < -0.4 is 0 Å². The average molecular weight is 274 g/mol. The molecule has 1 fully saturated rings. The molecule has 0 saturated carbocycles. The van der Waals surface area contributed by atoms with Crippen molar-refractivity contribution in [2.75, 3.05) is 12.3 Å². The zero-order chi connectivity index (χ0) is 14.0. The zero-order valence-electron chi connectivity index (χ0n) is 11.5. The molecule has 18 heavy (non-hydrogen) atoms. The van der Waals surface area contributed by atoms with Crippen molar-refractivity contribution in [2.45, 2.75) is 46.7 Å². The van der Waals surface area contributed by atoms with E-state index in [0.717, 1.165) is 12.8 Å². The van der Waals surface area contributed by atoms with Crippen molar-refractivity contribution in [3.8, 4) is 0 Å². The molecule has 0 spiro atoms. The SMILES string of the molecule is CC1CCCN(S(=O)(=O)CC(C)(C)C)C1N=C=O. The predicted octanol–water partition coefficient (Wildman–Crippen LogP) is 1.76. The van der Waals surface area contributed by atoms with Gasteiger partial charge in [-0.15, -0.1) is 0 Å². The smallest absolute Gasteiger partial charge is 0.212 e. The van der Waals surface area contributed by atoms with Gasteiger partial charge in [-0.25, -0.2) is 13.2 Å². The van der Waals surface area contributed by atoms with Gasteiger partial charge in [0.15, 0.2) is 0 Å². The molecule has 0 amide bonds. The number of hydrogen-bond acceptors (Lipinski definition) is 4. The van der Waals surface area contributed by atoms with Crippen LogP contribution in [-0.4, -0.2) is 37.3 Å². The predicted molar refractivity (Wildman–Crippen MR) is 70.3 cm³/mol. The maximum absolute atomic E-state index is 12.4. The van der Waals surface area contributed by atoms with E-state index in [1.165, 1.54) is 10.4 Å². The Morgan fingerprint density at radius 1 is 1.39 bits per heavy atom. The quantitative estimate of drug-likeness (QED) is 0.581. The summed E-state index contributed by atoms with van der Waals surface area (Å²) < 4.78 is 26.1. The van der Waals surface area contributed by atoms with Gasteiger partial charge in [0.2, 0.25) is 16.1 Å². The average Bonchev–Trinajstić information content (AvgIpc) is 2.17. The summed E-state index contributed by atoms with van der Waals surface area (Å²) in [5.74, 6) is 0.132. The lowest BCUT2D eigenvalue weighted by molar-refractivity contribution is 0.192. The van der Waals surface area contributed by atoms with Crippen molar-refractivity contribution in [1.29, 1.82) is 0 Å². The highest BCUT2D eigenvalue weighted by Gasteiger charge is 2.38. The largest absolute Gasteiger partial charge is 0.236 e. The summed E-state index contributed by atoms with van der Waals surface area (Å²) in [5.41, 5.74) is -0.311. The Hall–Kier alpha value is -0.710. The van der Waals surface area contributed by atoms with Crippen molar-refractivity contribution in [1.82, 2.24) is 4.31 Å². The lowest BCUT2D eigenvalue weighted by atomic mass is 9.98. The van der Waals surface area contributed by atoms with Crippen LogP contribution in [0, 0.1) is 11.3 Å². The molecular weight excluding hydrogens is 252 g/mol. The summed E-state index contributed by atoms with van der Waals surface area (Å²) in [5, 5.41) is 0. The van der Waals surface area contributed by atoms with Crippen LogP contribution in [0.25, 0.3) is 0 Å². The highest BCUT2D eigenvalue weighted by atomic mass is 32.2. The van der Waals surface area contributed by atoms with Crippen molar-refractivity contribution in [3.05, 3.63) is 0 Å². The van der Waals surface area contributed by atoms with Gasteiger partial charge in [0.25, 0.3) is 0 Å². The summed E-state index contributed by atoms with van der Waals surface area (Å²) in [7, 11) is -3.38. The van der Waals surface area contributed by atoms with E-state index >= 15 is 0 Å². The number of nitrogens with zero attached hydrogens (tertiary/aromatic N) is 2. The van der Waals surface area contributed by atoms with Gasteiger partial charge in [-0.3, -0.25) is 0 Å². The van der Waals surface area contributed by atoms with Crippen LogP contribution in [0.1, 0.15) is 40.5 Å². The standard InChI is InChI=1S/C12H22N2O3S/c1-10-6-5-7-14(11(10)13-9-15)18(16,17)8-12(2,3)4/h10-11H,5-8H2,1-4H3. The molecule has 1 aliphatic rings. The van der Waals surface area contributed by atoms with Crippen molar-refractivity contribution in [2.24, 2.45) is 16.3 Å². The molecule has 0 aromatic heterocycles. The molecule has 2 unspecified atom stereocenters. The van der Waals surface area contributed by atoms with Crippen molar-refractivity contribution < 1.29 is 13.2 Å². The Bertz CT molecular complexity index is 433.